The number of likely N-dealkylation sites (tertiary alicyclic amines) is 1. The summed E-state index contributed by atoms with van der Waals surface area (Å²) in [6.45, 7) is 4.94. The summed E-state index contributed by atoms with van der Waals surface area (Å²) in [4.78, 5) is 25.5. The zero-order chi connectivity index (χ0) is 20.4. The molecule has 1 heterocycles. The predicted octanol–water partition coefficient (Wildman–Crippen LogP) is 0.737. The fourth-order valence-electron chi connectivity index (χ4n) is 2.62. The molecule has 2 rings (SSSR count). The van der Waals surface area contributed by atoms with Crippen LogP contribution in [0.5, 0.6) is 0 Å². The number of carbonyl (C=O) groups is 2. The van der Waals surface area contributed by atoms with Crippen LogP contribution in [0.4, 0.5) is 4.79 Å². The zero-order valence-electron chi connectivity index (χ0n) is 15.7. The van der Waals surface area contributed by atoms with Gasteiger partial charge in [0.25, 0.3) is 10.1 Å². The molecule has 1 fully saturated rings. The quantitative estimate of drug-likeness (QED) is 0.421. The molecule has 8 nitrogen and oxygen atoms in total. The molecule has 0 saturated carbocycles. The summed E-state index contributed by atoms with van der Waals surface area (Å²) in [6, 6.07) is 4.53. The Morgan fingerprint density at radius 2 is 1.78 bits per heavy atom. The summed E-state index contributed by atoms with van der Waals surface area (Å²) in [5, 5.41) is 0. The van der Waals surface area contributed by atoms with E-state index in [0.29, 0.717) is 5.46 Å². The van der Waals surface area contributed by atoms with Gasteiger partial charge in [-0.15, -0.1) is 0 Å². The van der Waals surface area contributed by atoms with Gasteiger partial charge < -0.3 is 9.47 Å². The van der Waals surface area contributed by atoms with Crippen LogP contribution in [-0.2, 0) is 28.6 Å². The highest BCUT2D eigenvalue weighted by molar-refractivity contribution is 7.86. The first-order valence-electron chi connectivity index (χ1n) is 8.29. The Morgan fingerprint density at radius 1 is 1.19 bits per heavy atom. The van der Waals surface area contributed by atoms with Gasteiger partial charge in [0.2, 0.25) is 0 Å². The first-order chi connectivity index (χ1) is 12.4. The van der Waals surface area contributed by atoms with E-state index in [4.69, 9.17) is 21.5 Å². The van der Waals surface area contributed by atoms with Crippen molar-refractivity contribution in [1.82, 2.24) is 4.90 Å². The van der Waals surface area contributed by atoms with E-state index in [2.05, 4.69) is 0 Å². The minimum atomic E-state index is -4.09. The number of benzene rings is 1. The molecule has 0 aromatic heterocycles. The summed E-state index contributed by atoms with van der Waals surface area (Å²) >= 11 is 0. The number of amides is 1. The normalized spacial score (nSPS) is 20.4. The fourth-order valence-corrected chi connectivity index (χ4v) is 3.70. The molecule has 0 aliphatic carbocycles. The SMILES string of the molecule is [B]c1ccc(S(=O)(=O)OC2C[C@@H](C(=O)OC)N(C(=O)OC(C)(C)C)C2)cc1. The van der Waals surface area contributed by atoms with Gasteiger partial charge in [-0.3, -0.25) is 9.08 Å². The van der Waals surface area contributed by atoms with Crippen LogP contribution in [0.2, 0.25) is 0 Å². The van der Waals surface area contributed by atoms with Crippen molar-refractivity contribution in [3.8, 4) is 0 Å². The van der Waals surface area contributed by atoms with Crippen molar-refractivity contribution in [2.24, 2.45) is 0 Å². The van der Waals surface area contributed by atoms with Crippen molar-refractivity contribution >= 4 is 35.5 Å². The second-order valence-electron chi connectivity index (χ2n) is 7.15. The molecule has 1 unspecified atom stereocenters. The number of carbonyl (C=O) groups excluding carboxylic acids is 2. The number of rotatable bonds is 4. The number of nitrogens with zero attached hydrogens (tertiary/aromatic N) is 1. The molecule has 27 heavy (non-hydrogen) atoms. The van der Waals surface area contributed by atoms with Gasteiger partial charge in [-0.05, 0) is 32.9 Å². The lowest BCUT2D eigenvalue weighted by atomic mass is 9.97. The molecule has 0 bridgehead atoms. The number of ether oxygens (including phenoxy) is 2. The summed E-state index contributed by atoms with van der Waals surface area (Å²) < 4.78 is 40.1. The van der Waals surface area contributed by atoms with Crippen LogP contribution in [-0.4, -0.2) is 64.6 Å². The van der Waals surface area contributed by atoms with E-state index < -0.39 is 39.9 Å². The van der Waals surface area contributed by atoms with E-state index in [1.165, 1.54) is 31.4 Å². The highest BCUT2D eigenvalue weighted by Crippen LogP contribution is 2.26. The van der Waals surface area contributed by atoms with E-state index in [0.717, 1.165) is 4.90 Å². The molecule has 2 atom stereocenters. The topological polar surface area (TPSA) is 99.2 Å². The zero-order valence-corrected chi connectivity index (χ0v) is 16.5. The average Bonchev–Trinajstić information content (AvgIpc) is 2.96. The van der Waals surface area contributed by atoms with Gasteiger partial charge in [-0.2, -0.15) is 8.42 Å². The lowest BCUT2D eigenvalue weighted by Crippen LogP contribution is -2.44. The Morgan fingerprint density at radius 3 is 2.30 bits per heavy atom. The third-order valence-corrected chi connectivity index (χ3v) is 5.17. The van der Waals surface area contributed by atoms with Gasteiger partial charge in [0.15, 0.2) is 0 Å². The minimum absolute atomic E-state index is 0.0277. The standard InChI is InChI=1S/C17H22BNO7S/c1-17(2,3)25-16(21)19-10-12(9-14(19)15(20)24-4)26-27(22,23)13-7-5-11(18)6-8-13/h5-8,12,14H,9-10H2,1-4H3/t12?,14-/m0/s1. The molecular formula is C17H22BNO7S. The van der Waals surface area contributed by atoms with Crippen LogP contribution in [0.15, 0.2) is 29.2 Å². The Bertz CT molecular complexity index is 802. The van der Waals surface area contributed by atoms with Crippen LogP contribution >= 0.6 is 0 Å². The summed E-state index contributed by atoms with van der Waals surface area (Å²) in [6.07, 6.45) is -1.68. The largest absolute Gasteiger partial charge is 0.467 e. The predicted molar refractivity (Wildman–Crippen MR) is 97.2 cm³/mol. The van der Waals surface area contributed by atoms with E-state index in [9.17, 15) is 18.0 Å². The van der Waals surface area contributed by atoms with Gasteiger partial charge in [-0.25, -0.2) is 9.59 Å². The maximum atomic E-state index is 12.4. The first-order valence-corrected chi connectivity index (χ1v) is 9.70. The smallest absolute Gasteiger partial charge is 0.411 e. The van der Waals surface area contributed by atoms with Gasteiger partial charge >= 0.3 is 12.1 Å². The Balaban J connectivity index is 2.18. The molecule has 1 saturated heterocycles. The number of methoxy groups -OCH3 is 1. The Kier molecular flexibility index (Phi) is 6.21. The lowest BCUT2D eigenvalue weighted by Gasteiger charge is -2.27. The molecule has 10 heteroatoms. The molecule has 1 aliphatic heterocycles. The van der Waals surface area contributed by atoms with E-state index in [1.54, 1.807) is 20.8 Å². The number of esters is 1. The maximum Gasteiger partial charge on any atom is 0.411 e. The third-order valence-electron chi connectivity index (χ3n) is 3.80. The van der Waals surface area contributed by atoms with Crippen molar-refractivity contribution in [2.75, 3.05) is 13.7 Å². The Labute approximate surface area is 160 Å². The maximum absolute atomic E-state index is 12.4. The van der Waals surface area contributed by atoms with Crippen LogP contribution < -0.4 is 5.46 Å². The van der Waals surface area contributed by atoms with Gasteiger partial charge in [0.1, 0.15) is 19.5 Å². The summed E-state index contributed by atoms with van der Waals surface area (Å²) in [5.74, 6) is -0.670. The molecule has 1 amide bonds. The van der Waals surface area contributed by atoms with Gasteiger partial charge in [0, 0.05) is 6.42 Å². The molecule has 1 aromatic carbocycles. The monoisotopic (exact) mass is 395 g/mol. The van der Waals surface area contributed by atoms with E-state index >= 15 is 0 Å². The number of hydrogen-bond donors (Lipinski definition) is 0. The second-order valence-corrected chi connectivity index (χ2v) is 8.72. The molecule has 1 aliphatic rings. The average molecular weight is 395 g/mol. The van der Waals surface area contributed by atoms with E-state index in [-0.39, 0.29) is 17.9 Å². The van der Waals surface area contributed by atoms with Crippen LogP contribution in [0.25, 0.3) is 0 Å². The third kappa shape index (κ3) is 5.46. The van der Waals surface area contributed by atoms with Crippen molar-refractivity contribution in [3.05, 3.63) is 24.3 Å². The van der Waals surface area contributed by atoms with Crippen LogP contribution in [0, 0.1) is 0 Å². The molecule has 0 spiro atoms. The van der Waals surface area contributed by atoms with Crippen molar-refractivity contribution < 1.29 is 31.7 Å². The van der Waals surface area contributed by atoms with Gasteiger partial charge in [0.05, 0.1) is 24.7 Å². The fraction of sp³-hybridized carbons (Fsp3) is 0.529. The van der Waals surface area contributed by atoms with Crippen molar-refractivity contribution in [1.29, 1.82) is 0 Å². The van der Waals surface area contributed by atoms with Crippen molar-refractivity contribution in [2.45, 2.75) is 49.8 Å². The molecule has 0 N–H and O–H groups in total. The highest BCUT2D eigenvalue weighted by Gasteiger charge is 2.44. The minimum Gasteiger partial charge on any atom is -0.467 e. The number of hydrogen-bond acceptors (Lipinski definition) is 7. The summed E-state index contributed by atoms with van der Waals surface area (Å²) in [7, 11) is 2.66. The molecule has 146 valence electrons. The Hall–Kier alpha value is -2.07. The van der Waals surface area contributed by atoms with Crippen molar-refractivity contribution in [3.63, 3.8) is 0 Å². The summed E-state index contributed by atoms with van der Waals surface area (Å²) in [5.41, 5.74) is -0.358. The molecular weight excluding hydrogens is 373 g/mol. The van der Waals surface area contributed by atoms with E-state index in [1.807, 2.05) is 0 Å². The van der Waals surface area contributed by atoms with Crippen LogP contribution in [0.1, 0.15) is 27.2 Å². The second kappa shape index (κ2) is 7.89. The molecule has 2 radical (unpaired) electrons. The first kappa shape index (κ1) is 21.2. The van der Waals surface area contributed by atoms with Crippen LogP contribution in [0.3, 0.4) is 0 Å². The van der Waals surface area contributed by atoms with Gasteiger partial charge in [-0.1, -0.05) is 17.6 Å². The lowest BCUT2D eigenvalue weighted by molar-refractivity contribution is -0.145. The highest BCUT2D eigenvalue weighted by atomic mass is 32.2. The molecule has 1 aromatic rings.